The Labute approximate surface area is 248 Å². The standard InChI is InChI=1S/C38H25N5/c1-2-9-26(10-3-1)29-11-4-5-12-30(29)28-23-34(27-17-20-39-21-18-27)41-35(24-28)33-14-8-16-38(42-33)43-36-15-7-6-13-31(36)32-19-22-40-25-37(32)43/h1-25H. The highest BCUT2D eigenvalue weighted by atomic mass is 15.1. The van der Waals surface area contributed by atoms with E-state index >= 15 is 0 Å². The molecule has 0 aliphatic heterocycles. The third-order valence-electron chi connectivity index (χ3n) is 7.83. The molecule has 0 aliphatic rings. The highest BCUT2D eigenvalue weighted by Gasteiger charge is 2.16. The molecule has 0 fully saturated rings. The van der Waals surface area contributed by atoms with E-state index in [9.17, 15) is 0 Å². The van der Waals surface area contributed by atoms with Crippen molar-refractivity contribution in [3.63, 3.8) is 0 Å². The normalized spacial score (nSPS) is 11.3. The van der Waals surface area contributed by atoms with Crippen LogP contribution in [-0.2, 0) is 0 Å². The molecule has 3 aromatic carbocycles. The first-order valence-corrected chi connectivity index (χ1v) is 14.2. The van der Waals surface area contributed by atoms with Crippen LogP contribution >= 0.6 is 0 Å². The van der Waals surface area contributed by atoms with Gasteiger partial charge in [-0.15, -0.1) is 0 Å². The first-order chi connectivity index (χ1) is 21.3. The van der Waals surface area contributed by atoms with Crippen molar-refractivity contribution in [2.75, 3.05) is 0 Å². The van der Waals surface area contributed by atoms with Gasteiger partial charge in [-0.25, -0.2) is 9.97 Å². The van der Waals surface area contributed by atoms with Gasteiger partial charge in [0.1, 0.15) is 5.82 Å². The van der Waals surface area contributed by atoms with Gasteiger partial charge in [0.2, 0.25) is 0 Å². The molecule has 5 heteroatoms. The van der Waals surface area contributed by atoms with E-state index in [1.54, 1.807) is 12.4 Å². The maximum Gasteiger partial charge on any atom is 0.138 e. The number of para-hydroxylation sites is 1. The van der Waals surface area contributed by atoms with Gasteiger partial charge in [0.15, 0.2) is 0 Å². The second kappa shape index (κ2) is 10.5. The molecule has 8 rings (SSSR count). The molecule has 0 unspecified atom stereocenters. The predicted octanol–water partition coefficient (Wildman–Crippen LogP) is 9.03. The van der Waals surface area contributed by atoms with Crippen LogP contribution in [0.1, 0.15) is 0 Å². The van der Waals surface area contributed by atoms with Crippen molar-refractivity contribution in [2.24, 2.45) is 0 Å². The lowest BCUT2D eigenvalue weighted by Crippen LogP contribution is -2.00. The molecule has 5 nitrogen and oxygen atoms in total. The number of aromatic nitrogens is 5. The lowest BCUT2D eigenvalue weighted by molar-refractivity contribution is 1.07. The molecule has 0 saturated heterocycles. The van der Waals surface area contributed by atoms with Crippen molar-refractivity contribution in [3.05, 3.63) is 152 Å². The Morgan fingerprint density at radius 3 is 1.98 bits per heavy atom. The van der Waals surface area contributed by atoms with E-state index in [1.807, 2.05) is 48.8 Å². The summed E-state index contributed by atoms with van der Waals surface area (Å²) in [5.74, 6) is 0.819. The van der Waals surface area contributed by atoms with Gasteiger partial charge in [-0.3, -0.25) is 14.5 Å². The quantitative estimate of drug-likeness (QED) is 0.214. The van der Waals surface area contributed by atoms with Crippen LogP contribution in [0.5, 0.6) is 0 Å². The minimum atomic E-state index is 0.793. The number of hydrogen-bond donors (Lipinski definition) is 0. The Bertz CT molecular complexity index is 2180. The number of rotatable bonds is 5. The molecule has 0 aliphatic carbocycles. The summed E-state index contributed by atoms with van der Waals surface area (Å²) in [7, 11) is 0. The summed E-state index contributed by atoms with van der Waals surface area (Å²) in [5.41, 5.74) is 10.1. The first-order valence-electron chi connectivity index (χ1n) is 14.2. The SMILES string of the molecule is c1ccc(-c2ccccc2-c2cc(-c3ccncc3)nc(-c3cccc(-n4c5ccccc5c5ccncc54)n3)c2)cc1. The van der Waals surface area contributed by atoms with Crippen LogP contribution in [0.4, 0.5) is 0 Å². The third kappa shape index (κ3) is 4.44. The fourth-order valence-electron chi connectivity index (χ4n) is 5.85. The van der Waals surface area contributed by atoms with E-state index in [-0.39, 0.29) is 0 Å². The number of hydrogen-bond acceptors (Lipinski definition) is 4. The minimum absolute atomic E-state index is 0.793. The molecule has 0 atom stereocenters. The third-order valence-corrected chi connectivity index (χ3v) is 7.83. The Morgan fingerprint density at radius 1 is 0.419 bits per heavy atom. The molecule has 0 spiro atoms. The Balaban J connectivity index is 1.34. The summed E-state index contributed by atoms with van der Waals surface area (Å²) < 4.78 is 2.18. The zero-order valence-corrected chi connectivity index (χ0v) is 23.2. The van der Waals surface area contributed by atoms with E-state index < -0.39 is 0 Å². The van der Waals surface area contributed by atoms with Gasteiger partial charge in [-0.1, -0.05) is 78.9 Å². The molecule has 5 heterocycles. The van der Waals surface area contributed by atoms with Crippen LogP contribution in [0, 0.1) is 0 Å². The summed E-state index contributed by atoms with van der Waals surface area (Å²) in [6.07, 6.45) is 7.35. The monoisotopic (exact) mass is 551 g/mol. The van der Waals surface area contributed by atoms with Gasteiger partial charge in [0, 0.05) is 34.9 Å². The number of benzene rings is 3. The van der Waals surface area contributed by atoms with Crippen LogP contribution < -0.4 is 0 Å². The molecule has 0 saturated carbocycles. The van der Waals surface area contributed by atoms with Crippen molar-refractivity contribution in [1.29, 1.82) is 0 Å². The van der Waals surface area contributed by atoms with E-state index in [2.05, 4.69) is 106 Å². The highest BCUT2D eigenvalue weighted by Crippen LogP contribution is 2.36. The minimum Gasteiger partial charge on any atom is -0.292 e. The van der Waals surface area contributed by atoms with Gasteiger partial charge < -0.3 is 0 Å². The molecular weight excluding hydrogens is 526 g/mol. The average molecular weight is 552 g/mol. The predicted molar refractivity (Wildman–Crippen MR) is 174 cm³/mol. The highest BCUT2D eigenvalue weighted by molar-refractivity contribution is 6.08. The Morgan fingerprint density at radius 2 is 1.12 bits per heavy atom. The van der Waals surface area contributed by atoms with Gasteiger partial charge in [-0.05, 0) is 70.8 Å². The van der Waals surface area contributed by atoms with Crippen LogP contribution in [0.15, 0.2) is 152 Å². The average Bonchev–Trinajstić information content (AvgIpc) is 3.43. The summed E-state index contributed by atoms with van der Waals surface area (Å²) >= 11 is 0. The second-order valence-corrected chi connectivity index (χ2v) is 10.4. The fourth-order valence-corrected chi connectivity index (χ4v) is 5.85. The van der Waals surface area contributed by atoms with Crippen molar-refractivity contribution < 1.29 is 0 Å². The summed E-state index contributed by atoms with van der Waals surface area (Å²) in [4.78, 5) is 19.0. The lowest BCUT2D eigenvalue weighted by atomic mass is 9.93. The number of pyridine rings is 4. The van der Waals surface area contributed by atoms with Crippen LogP contribution in [0.2, 0.25) is 0 Å². The van der Waals surface area contributed by atoms with E-state index in [0.717, 1.165) is 56.0 Å². The summed E-state index contributed by atoms with van der Waals surface area (Å²) in [6, 6.07) is 43.9. The molecule has 0 radical (unpaired) electrons. The molecule has 0 bridgehead atoms. The Kier molecular flexibility index (Phi) is 6.05. The van der Waals surface area contributed by atoms with Gasteiger partial charge >= 0.3 is 0 Å². The second-order valence-electron chi connectivity index (χ2n) is 10.4. The zero-order valence-electron chi connectivity index (χ0n) is 23.2. The largest absolute Gasteiger partial charge is 0.292 e. The van der Waals surface area contributed by atoms with E-state index in [0.29, 0.717) is 0 Å². The van der Waals surface area contributed by atoms with Gasteiger partial charge in [-0.2, -0.15) is 0 Å². The summed E-state index contributed by atoms with van der Waals surface area (Å²) in [5, 5.41) is 2.32. The first kappa shape index (κ1) is 24.8. The number of nitrogens with zero attached hydrogens (tertiary/aromatic N) is 5. The lowest BCUT2D eigenvalue weighted by Gasteiger charge is -2.14. The van der Waals surface area contributed by atoms with E-state index in [1.165, 1.54) is 16.5 Å². The van der Waals surface area contributed by atoms with Gasteiger partial charge in [0.05, 0.1) is 34.3 Å². The van der Waals surface area contributed by atoms with Crippen molar-refractivity contribution in [3.8, 4) is 50.7 Å². The van der Waals surface area contributed by atoms with Crippen molar-refractivity contribution in [1.82, 2.24) is 24.5 Å². The van der Waals surface area contributed by atoms with Crippen LogP contribution in [0.3, 0.4) is 0 Å². The fraction of sp³-hybridized carbons (Fsp3) is 0. The molecule has 8 aromatic rings. The van der Waals surface area contributed by atoms with E-state index in [4.69, 9.17) is 9.97 Å². The molecule has 5 aromatic heterocycles. The molecule has 202 valence electrons. The summed E-state index contributed by atoms with van der Waals surface area (Å²) in [6.45, 7) is 0. The molecule has 0 amide bonds. The smallest absolute Gasteiger partial charge is 0.138 e. The maximum atomic E-state index is 5.20. The van der Waals surface area contributed by atoms with Crippen LogP contribution in [0.25, 0.3) is 72.5 Å². The molecule has 43 heavy (non-hydrogen) atoms. The Hall–Kier alpha value is -5.94. The topological polar surface area (TPSA) is 56.5 Å². The van der Waals surface area contributed by atoms with Crippen molar-refractivity contribution >= 4 is 21.8 Å². The maximum absolute atomic E-state index is 5.20. The number of fused-ring (bicyclic) bond motifs is 3. The van der Waals surface area contributed by atoms with Crippen molar-refractivity contribution in [2.45, 2.75) is 0 Å². The molecular formula is C38H25N5. The van der Waals surface area contributed by atoms with Crippen LogP contribution in [-0.4, -0.2) is 24.5 Å². The van der Waals surface area contributed by atoms with Gasteiger partial charge in [0.25, 0.3) is 0 Å². The molecule has 0 N–H and O–H groups in total. The zero-order chi connectivity index (χ0) is 28.6.